The van der Waals surface area contributed by atoms with Crippen molar-refractivity contribution in [3.8, 4) is 0 Å². The van der Waals surface area contributed by atoms with Gasteiger partial charge in [-0.1, -0.05) is 18.9 Å². The molecule has 0 amide bonds. The highest BCUT2D eigenvalue weighted by Crippen LogP contribution is 2.18. The molecule has 1 atom stereocenters. The summed E-state index contributed by atoms with van der Waals surface area (Å²) >= 11 is 0. The number of pyridine rings is 1. The van der Waals surface area contributed by atoms with Gasteiger partial charge in [-0.05, 0) is 45.0 Å². The Morgan fingerprint density at radius 2 is 2.22 bits per heavy atom. The molecule has 2 rings (SSSR count). The average Bonchev–Trinajstić information content (AvgIpc) is 2.58. The second-order valence-corrected chi connectivity index (χ2v) is 5.36. The van der Waals surface area contributed by atoms with Gasteiger partial charge in [0.2, 0.25) is 0 Å². The van der Waals surface area contributed by atoms with Gasteiger partial charge in [0.25, 0.3) is 0 Å². The lowest BCUT2D eigenvalue weighted by atomic mass is 10.1. The third kappa shape index (κ3) is 3.79. The molecule has 0 saturated carbocycles. The van der Waals surface area contributed by atoms with E-state index in [2.05, 4.69) is 34.3 Å². The summed E-state index contributed by atoms with van der Waals surface area (Å²) in [5, 5.41) is 3.15. The largest absolute Gasteiger partial charge is 0.316 e. The Balaban J connectivity index is 1.94. The van der Waals surface area contributed by atoms with E-state index in [1.165, 1.54) is 43.5 Å². The van der Waals surface area contributed by atoms with Gasteiger partial charge in [0.05, 0.1) is 5.69 Å². The Hall–Kier alpha value is -0.930. The van der Waals surface area contributed by atoms with E-state index in [0.29, 0.717) is 6.04 Å². The molecule has 1 unspecified atom stereocenters. The number of nitrogens with zero attached hydrogens (tertiary/aromatic N) is 2. The molecule has 1 aromatic rings. The van der Waals surface area contributed by atoms with Gasteiger partial charge in [-0.25, -0.2) is 0 Å². The fourth-order valence-electron chi connectivity index (χ4n) is 2.63. The first kappa shape index (κ1) is 13.5. The van der Waals surface area contributed by atoms with Gasteiger partial charge in [0.1, 0.15) is 0 Å². The van der Waals surface area contributed by atoms with Crippen molar-refractivity contribution in [3.05, 3.63) is 29.6 Å². The zero-order valence-electron chi connectivity index (χ0n) is 11.7. The topological polar surface area (TPSA) is 28.2 Å². The van der Waals surface area contributed by atoms with Gasteiger partial charge in [0.15, 0.2) is 0 Å². The lowest BCUT2D eigenvalue weighted by Crippen LogP contribution is -2.32. The van der Waals surface area contributed by atoms with Crippen LogP contribution in [0.25, 0.3) is 0 Å². The maximum absolute atomic E-state index is 4.57. The van der Waals surface area contributed by atoms with E-state index >= 15 is 0 Å². The maximum atomic E-state index is 4.57. The lowest BCUT2D eigenvalue weighted by molar-refractivity contribution is 0.202. The molecule has 0 spiro atoms. The Morgan fingerprint density at radius 3 is 2.94 bits per heavy atom. The zero-order chi connectivity index (χ0) is 12.8. The van der Waals surface area contributed by atoms with Gasteiger partial charge in [-0.2, -0.15) is 0 Å². The third-order valence-corrected chi connectivity index (χ3v) is 3.82. The molecule has 0 radical (unpaired) electrons. The molecule has 3 heteroatoms. The number of rotatable bonds is 4. The van der Waals surface area contributed by atoms with Crippen LogP contribution in [0.5, 0.6) is 0 Å². The van der Waals surface area contributed by atoms with Crippen molar-refractivity contribution >= 4 is 0 Å². The van der Waals surface area contributed by atoms with E-state index in [-0.39, 0.29) is 0 Å². The molecule has 0 bridgehead atoms. The van der Waals surface area contributed by atoms with Crippen molar-refractivity contribution in [2.75, 3.05) is 13.6 Å². The third-order valence-electron chi connectivity index (χ3n) is 3.82. The van der Waals surface area contributed by atoms with Crippen LogP contribution in [0.1, 0.15) is 43.9 Å². The summed E-state index contributed by atoms with van der Waals surface area (Å²) in [6.45, 7) is 5.47. The second kappa shape index (κ2) is 6.86. The average molecular weight is 247 g/mol. The normalized spacial score (nSPS) is 21.8. The van der Waals surface area contributed by atoms with Crippen molar-refractivity contribution in [2.45, 2.75) is 51.7 Å². The van der Waals surface area contributed by atoms with Crippen LogP contribution < -0.4 is 5.32 Å². The highest BCUT2D eigenvalue weighted by molar-refractivity contribution is 5.14. The van der Waals surface area contributed by atoms with Gasteiger partial charge in [0, 0.05) is 25.3 Å². The first-order valence-corrected chi connectivity index (χ1v) is 7.12. The van der Waals surface area contributed by atoms with Gasteiger partial charge < -0.3 is 5.32 Å². The van der Waals surface area contributed by atoms with Crippen LogP contribution in [-0.4, -0.2) is 29.5 Å². The molecule has 1 aromatic heterocycles. The quantitative estimate of drug-likeness (QED) is 0.886. The fraction of sp³-hybridized carbons (Fsp3) is 0.667. The monoisotopic (exact) mass is 247 g/mol. The Morgan fingerprint density at radius 1 is 1.33 bits per heavy atom. The SMILES string of the molecule is CNCc1ccc(CN2CCCCCC2C)nc1. The van der Waals surface area contributed by atoms with Crippen molar-refractivity contribution in [3.63, 3.8) is 0 Å². The zero-order valence-corrected chi connectivity index (χ0v) is 11.7. The summed E-state index contributed by atoms with van der Waals surface area (Å²) in [5.74, 6) is 0. The summed E-state index contributed by atoms with van der Waals surface area (Å²) in [6, 6.07) is 5.05. The van der Waals surface area contributed by atoms with Crippen molar-refractivity contribution < 1.29 is 0 Å². The highest BCUT2D eigenvalue weighted by Gasteiger charge is 2.17. The number of hydrogen-bond donors (Lipinski definition) is 1. The fourth-order valence-corrected chi connectivity index (χ4v) is 2.63. The van der Waals surface area contributed by atoms with Crippen LogP contribution in [0.4, 0.5) is 0 Å². The van der Waals surface area contributed by atoms with E-state index in [1.807, 2.05) is 13.2 Å². The van der Waals surface area contributed by atoms with E-state index in [4.69, 9.17) is 0 Å². The predicted molar refractivity (Wildman–Crippen MR) is 75.3 cm³/mol. The number of hydrogen-bond acceptors (Lipinski definition) is 3. The van der Waals surface area contributed by atoms with E-state index in [1.54, 1.807) is 0 Å². The van der Waals surface area contributed by atoms with Crippen LogP contribution in [0, 0.1) is 0 Å². The minimum atomic E-state index is 0.700. The van der Waals surface area contributed by atoms with E-state index in [9.17, 15) is 0 Å². The molecule has 18 heavy (non-hydrogen) atoms. The van der Waals surface area contributed by atoms with Crippen LogP contribution in [0.2, 0.25) is 0 Å². The van der Waals surface area contributed by atoms with E-state index < -0.39 is 0 Å². The molecule has 2 heterocycles. The molecule has 0 aromatic carbocycles. The molecular weight excluding hydrogens is 222 g/mol. The predicted octanol–water partition coefficient (Wildman–Crippen LogP) is 2.57. The Bertz CT molecular complexity index is 347. The first-order valence-electron chi connectivity index (χ1n) is 7.12. The van der Waals surface area contributed by atoms with Crippen molar-refractivity contribution in [1.29, 1.82) is 0 Å². The number of likely N-dealkylation sites (tertiary alicyclic amines) is 1. The van der Waals surface area contributed by atoms with Crippen molar-refractivity contribution in [2.24, 2.45) is 0 Å². The molecule has 1 saturated heterocycles. The van der Waals surface area contributed by atoms with Gasteiger partial charge in [-0.3, -0.25) is 9.88 Å². The van der Waals surface area contributed by atoms with Crippen molar-refractivity contribution in [1.82, 2.24) is 15.2 Å². The van der Waals surface area contributed by atoms with Crippen LogP contribution in [-0.2, 0) is 13.1 Å². The molecule has 100 valence electrons. The molecule has 1 N–H and O–H groups in total. The van der Waals surface area contributed by atoms with Crippen LogP contribution in [0.15, 0.2) is 18.3 Å². The summed E-state index contributed by atoms with van der Waals surface area (Å²) in [4.78, 5) is 7.15. The standard InChI is InChI=1S/C15H25N3/c1-13-6-4-3-5-9-18(13)12-15-8-7-14(10-16-2)11-17-15/h7-8,11,13,16H,3-6,9-10,12H2,1-2H3. The highest BCUT2D eigenvalue weighted by atomic mass is 15.2. The summed E-state index contributed by atoms with van der Waals surface area (Å²) in [6.07, 6.45) is 7.43. The Labute approximate surface area is 111 Å². The molecule has 1 aliphatic heterocycles. The molecule has 0 aliphatic carbocycles. The minimum absolute atomic E-state index is 0.700. The van der Waals surface area contributed by atoms with Gasteiger partial charge in [-0.15, -0.1) is 0 Å². The molecule has 1 fully saturated rings. The molecular formula is C15H25N3. The van der Waals surface area contributed by atoms with Crippen LogP contribution in [0.3, 0.4) is 0 Å². The molecule has 3 nitrogen and oxygen atoms in total. The summed E-state index contributed by atoms with van der Waals surface area (Å²) in [7, 11) is 1.97. The number of nitrogens with one attached hydrogen (secondary N) is 1. The van der Waals surface area contributed by atoms with E-state index in [0.717, 1.165) is 13.1 Å². The summed E-state index contributed by atoms with van der Waals surface area (Å²) in [5.41, 5.74) is 2.45. The maximum Gasteiger partial charge on any atom is 0.0544 e. The van der Waals surface area contributed by atoms with Crippen LogP contribution >= 0.6 is 0 Å². The lowest BCUT2D eigenvalue weighted by Gasteiger charge is -2.26. The minimum Gasteiger partial charge on any atom is -0.316 e. The smallest absolute Gasteiger partial charge is 0.0544 e. The second-order valence-electron chi connectivity index (χ2n) is 5.36. The summed E-state index contributed by atoms with van der Waals surface area (Å²) < 4.78 is 0. The van der Waals surface area contributed by atoms with Gasteiger partial charge >= 0.3 is 0 Å². The molecule has 1 aliphatic rings. The Kier molecular flexibility index (Phi) is 5.14. The number of aromatic nitrogens is 1. The first-order chi connectivity index (χ1) is 8.79.